The van der Waals surface area contributed by atoms with E-state index in [1.807, 2.05) is 50.2 Å². The van der Waals surface area contributed by atoms with Crippen molar-refractivity contribution in [3.63, 3.8) is 0 Å². The standard InChI is InChI=1S/C20H22ClN3O2S/c1-12(2)9-19(25)22-14-10-15-16(24(4)20(26)23(15)3)11-18(14)27-17-8-6-5-7-13(17)21/h5-8,10-12H,9H2,1-4H3,(H,22,25). The number of imidazole rings is 1. The second-order valence-electron chi connectivity index (χ2n) is 6.92. The van der Waals surface area contributed by atoms with Crippen molar-refractivity contribution in [2.24, 2.45) is 20.0 Å². The molecule has 27 heavy (non-hydrogen) atoms. The Bertz CT molecular complexity index is 1070. The first-order valence-corrected chi connectivity index (χ1v) is 9.89. The number of aromatic nitrogens is 2. The van der Waals surface area contributed by atoms with E-state index >= 15 is 0 Å². The number of aryl methyl sites for hydroxylation is 2. The van der Waals surface area contributed by atoms with Gasteiger partial charge in [0.15, 0.2) is 0 Å². The molecular formula is C20H22ClN3O2S. The quantitative estimate of drug-likeness (QED) is 0.673. The van der Waals surface area contributed by atoms with Crippen LogP contribution in [-0.4, -0.2) is 15.0 Å². The summed E-state index contributed by atoms with van der Waals surface area (Å²) >= 11 is 7.78. The molecule has 1 aromatic heterocycles. The fourth-order valence-corrected chi connectivity index (χ4v) is 4.12. The van der Waals surface area contributed by atoms with Crippen LogP contribution in [0, 0.1) is 5.92 Å². The van der Waals surface area contributed by atoms with Crippen LogP contribution in [0.4, 0.5) is 5.69 Å². The number of amides is 1. The molecule has 2 aromatic carbocycles. The van der Waals surface area contributed by atoms with E-state index in [4.69, 9.17) is 11.6 Å². The van der Waals surface area contributed by atoms with Crippen LogP contribution in [0.25, 0.3) is 11.0 Å². The first kappa shape index (κ1) is 19.6. The van der Waals surface area contributed by atoms with E-state index in [9.17, 15) is 9.59 Å². The van der Waals surface area contributed by atoms with Gasteiger partial charge in [-0.15, -0.1) is 0 Å². The Morgan fingerprint density at radius 3 is 2.37 bits per heavy atom. The first-order chi connectivity index (χ1) is 12.8. The van der Waals surface area contributed by atoms with Crippen LogP contribution in [0.2, 0.25) is 5.02 Å². The lowest BCUT2D eigenvalue weighted by Crippen LogP contribution is -2.19. The number of halogens is 1. The topological polar surface area (TPSA) is 56.0 Å². The number of nitrogens with zero attached hydrogens (tertiary/aromatic N) is 2. The molecule has 3 rings (SSSR count). The van der Waals surface area contributed by atoms with E-state index in [0.717, 1.165) is 20.8 Å². The van der Waals surface area contributed by atoms with Gasteiger partial charge in [0, 0.05) is 30.3 Å². The zero-order valence-electron chi connectivity index (χ0n) is 15.7. The Labute approximate surface area is 167 Å². The number of carbonyl (C=O) groups excluding carboxylic acids is 1. The van der Waals surface area contributed by atoms with Crippen LogP contribution < -0.4 is 11.0 Å². The third-order valence-electron chi connectivity index (χ3n) is 4.30. The van der Waals surface area contributed by atoms with Crippen molar-refractivity contribution in [2.75, 3.05) is 5.32 Å². The summed E-state index contributed by atoms with van der Waals surface area (Å²) in [4.78, 5) is 26.4. The lowest BCUT2D eigenvalue weighted by atomic mass is 10.1. The van der Waals surface area contributed by atoms with Gasteiger partial charge >= 0.3 is 5.69 Å². The first-order valence-electron chi connectivity index (χ1n) is 8.69. The van der Waals surface area contributed by atoms with Gasteiger partial charge in [-0.2, -0.15) is 0 Å². The second kappa shape index (κ2) is 7.82. The molecule has 0 saturated carbocycles. The smallest absolute Gasteiger partial charge is 0.325 e. The summed E-state index contributed by atoms with van der Waals surface area (Å²) in [5.41, 5.74) is 2.15. The average Bonchev–Trinajstić information content (AvgIpc) is 2.80. The number of benzene rings is 2. The van der Waals surface area contributed by atoms with Gasteiger partial charge in [0.2, 0.25) is 5.91 Å². The van der Waals surface area contributed by atoms with Gasteiger partial charge in [0.1, 0.15) is 0 Å². The molecule has 1 heterocycles. The summed E-state index contributed by atoms with van der Waals surface area (Å²) < 4.78 is 3.18. The predicted octanol–water partition coefficient (Wildman–Crippen LogP) is 4.67. The van der Waals surface area contributed by atoms with Gasteiger partial charge in [-0.25, -0.2) is 4.79 Å². The zero-order valence-corrected chi connectivity index (χ0v) is 17.3. The van der Waals surface area contributed by atoms with Crippen molar-refractivity contribution in [1.82, 2.24) is 9.13 Å². The monoisotopic (exact) mass is 403 g/mol. The molecule has 0 aliphatic rings. The molecule has 1 N–H and O–H groups in total. The summed E-state index contributed by atoms with van der Waals surface area (Å²) in [6.45, 7) is 4.01. The van der Waals surface area contributed by atoms with Gasteiger partial charge in [-0.3, -0.25) is 13.9 Å². The van der Waals surface area contributed by atoms with E-state index in [2.05, 4.69) is 5.32 Å². The Balaban J connectivity index is 2.11. The molecule has 0 saturated heterocycles. The number of anilines is 1. The van der Waals surface area contributed by atoms with Gasteiger partial charge < -0.3 is 5.32 Å². The average molecular weight is 404 g/mol. The number of hydrogen-bond acceptors (Lipinski definition) is 3. The van der Waals surface area contributed by atoms with Crippen molar-refractivity contribution >= 4 is 46.0 Å². The molecule has 0 aliphatic carbocycles. The minimum absolute atomic E-state index is 0.0497. The summed E-state index contributed by atoms with van der Waals surface area (Å²) in [5, 5.41) is 3.64. The minimum atomic E-state index is -0.107. The van der Waals surface area contributed by atoms with Gasteiger partial charge in [-0.1, -0.05) is 49.3 Å². The zero-order chi connectivity index (χ0) is 19.7. The maximum atomic E-state index is 12.4. The van der Waals surface area contributed by atoms with Gasteiger partial charge in [0.05, 0.1) is 21.7 Å². The number of carbonyl (C=O) groups is 1. The summed E-state index contributed by atoms with van der Waals surface area (Å²) in [6.07, 6.45) is 0.432. The summed E-state index contributed by atoms with van der Waals surface area (Å²) in [7, 11) is 3.47. The number of fused-ring (bicyclic) bond motifs is 1. The van der Waals surface area contributed by atoms with Crippen LogP contribution in [-0.2, 0) is 18.9 Å². The molecule has 0 unspecified atom stereocenters. The van der Waals surface area contributed by atoms with E-state index in [1.165, 1.54) is 11.8 Å². The molecule has 0 bridgehead atoms. The fourth-order valence-electron chi connectivity index (χ4n) is 2.93. The summed E-state index contributed by atoms with van der Waals surface area (Å²) in [6, 6.07) is 11.3. The Morgan fingerprint density at radius 1 is 1.11 bits per heavy atom. The van der Waals surface area contributed by atoms with Crippen LogP contribution in [0.15, 0.2) is 51.0 Å². The Hall–Kier alpha value is -2.18. The molecule has 0 spiro atoms. The van der Waals surface area contributed by atoms with Crippen molar-refractivity contribution in [3.8, 4) is 0 Å². The Kier molecular flexibility index (Phi) is 5.67. The highest BCUT2D eigenvalue weighted by Crippen LogP contribution is 2.39. The lowest BCUT2D eigenvalue weighted by Gasteiger charge is -2.13. The molecule has 0 aliphatic heterocycles. The van der Waals surface area contributed by atoms with Gasteiger partial charge in [-0.05, 0) is 30.2 Å². The molecule has 0 atom stereocenters. The van der Waals surface area contributed by atoms with Crippen LogP contribution in [0.3, 0.4) is 0 Å². The fraction of sp³-hybridized carbons (Fsp3) is 0.300. The SMILES string of the molecule is CC(C)CC(=O)Nc1cc2c(cc1Sc1ccccc1Cl)n(C)c(=O)n2C. The molecule has 3 aromatic rings. The molecule has 0 fully saturated rings. The van der Waals surface area contributed by atoms with Crippen LogP contribution >= 0.6 is 23.4 Å². The van der Waals surface area contributed by atoms with Crippen molar-refractivity contribution in [1.29, 1.82) is 0 Å². The van der Waals surface area contributed by atoms with E-state index in [0.29, 0.717) is 17.1 Å². The maximum Gasteiger partial charge on any atom is 0.328 e. The largest absolute Gasteiger partial charge is 0.328 e. The Morgan fingerprint density at radius 2 is 1.74 bits per heavy atom. The van der Waals surface area contributed by atoms with Crippen LogP contribution in [0.1, 0.15) is 20.3 Å². The lowest BCUT2D eigenvalue weighted by molar-refractivity contribution is -0.116. The highest BCUT2D eigenvalue weighted by Gasteiger charge is 2.16. The number of nitrogens with one attached hydrogen (secondary N) is 1. The van der Waals surface area contributed by atoms with E-state index in [1.54, 1.807) is 23.2 Å². The second-order valence-corrected chi connectivity index (χ2v) is 8.41. The van der Waals surface area contributed by atoms with Gasteiger partial charge in [0.25, 0.3) is 0 Å². The summed E-state index contributed by atoms with van der Waals surface area (Å²) in [5.74, 6) is 0.209. The molecule has 7 heteroatoms. The van der Waals surface area contributed by atoms with Crippen molar-refractivity contribution in [2.45, 2.75) is 30.1 Å². The third-order valence-corrected chi connectivity index (χ3v) is 5.87. The number of rotatable bonds is 5. The molecule has 1 amide bonds. The van der Waals surface area contributed by atoms with E-state index in [-0.39, 0.29) is 17.5 Å². The normalized spacial score (nSPS) is 11.3. The molecule has 5 nitrogen and oxygen atoms in total. The minimum Gasteiger partial charge on any atom is -0.325 e. The number of hydrogen-bond donors (Lipinski definition) is 1. The van der Waals surface area contributed by atoms with E-state index < -0.39 is 0 Å². The highest BCUT2D eigenvalue weighted by molar-refractivity contribution is 7.99. The predicted molar refractivity (Wildman–Crippen MR) is 112 cm³/mol. The molecule has 142 valence electrons. The molecule has 0 radical (unpaired) electrons. The third kappa shape index (κ3) is 4.06. The highest BCUT2D eigenvalue weighted by atomic mass is 35.5. The van der Waals surface area contributed by atoms with Crippen LogP contribution in [0.5, 0.6) is 0 Å². The maximum absolute atomic E-state index is 12.4. The molecular weight excluding hydrogens is 382 g/mol. The van der Waals surface area contributed by atoms with Crippen molar-refractivity contribution in [3.05, 3.63) is 51.9 Å². The van der Waals surface area contributed by atoms with Crippen molar-refractivity contribution < 1.29 is 4.79 Å².